The van der Waals surface area contributed by atoms with Gasteiger partial charge in [0.2, 0.25) is 5.91 Å². The molecule has 3 rings (SSSR count). The molecule has 0 aliphatic rings. The average molecular weight is 313 g/mol. The minimum Gasteiger partial charge on any atom is -0.366 e. The Kier molecular flexibility index (Phi) is 3.37. The number of nitrogens with zero attached hydrogens (tertiary/aromatic N) is 4. The van der Waals surface area contributed by atoms with Gasteiger partial charge in [-0.2, -0.15) is 0 Å². The predicted molar refractivity (Wildman–Crippen MR) is 80.2 cm³/mol. The second-order valence-electron chi connectivity index (χ2n) is 4.83. The van der Waals surface area contributed by atoms with Crippen molar-refractivity contribution < 1.29 is 9.72 Å². The number of fused-ring (bicyclic) bond motifs is 1. The zero-order valence-corrected chi connectivity index (χ0v) is 11.7. The first-order valence-corrected chi connectivity index (χ1v) is 6.58. The summed E-state index contributed by atoms with van der Waals surface area (Å²) >= 11 is 0. The summed E-state index contributed by atoms with van der Waals surface area (Å²) in [7, 11) is 0. The maximum absolute atomic E-state index is 12.2. The number of hydrogen-bond acceptors (Lipinski definition) is 5. The standard InChI is InChI=1S/C14H11N5O4/c15-13(20)9-4-5-10(11(7-9)19(22)23)8-18-14(21)17-6-2-1-3-12(17)16-18/h1-7H,8H2,(H2,15,20). The van der Waals surface area contributed by atoms with Crippen molar-refractivity contribution >= 4 is 17.2 Å². The van der Waals surface area contributed by atoms with E-state index in [1.807, 2.05) is 0 Å². The molecule has 0 radical (unpaired) electrons. The number of benzene rings is 1. The highest BCUT2D eigenvalue weighted by molar-refractivity contribution is 5.93. The van der Waals surface area contributed by atoms with Gasteiger partial charge in [0, 0.05) is 17.8 Å². The Morgan fingerprint density at radius 3 is 2.74 bits per heavy atom. The van der Waals surface area contributed by atoms with Crippen LogP contribution in [0.3, 0.4) is 0 Å². The van der Waals surface area contributed by atoms with E-state index >= 15 is 0 Å². The summed E-state index contributed by atoms with van der Waals surface area (Å²) < 4.78 is 2.46. The Labute approximate surface area is 128 Å². The second-order valence-corrected chi connectivity index (χ2v) is 4.83. The van der Waals surface area contributed by atoms with Crippen molar-refractivity contribution in [1.29, 1.82) is 0 Å². The van der Waals surface area contributed by atoms with Crippen LogP contribution in [0, 0.1) is 10.1 Å². The first kappa shape index (κ1) is 14.4. The predicted octanol–water partition coefficient (Wildman–Crippen LogP) is 0.551. The van der Waals surface area contributed by atoms with Crippen molar-refractivity contribution in [3.05, 3.63) is 74.3 Å². The normalized spacial score (nSPS) is 10.8. The number of carbonyl (C=O) groups excluding carboxylic acids is 1. The van der Waals surface area contributed by atoms with Crippen molar-refractivity contribution in [2.75, 3.05) is 0 Å². The fraction of sp³-hybridized carbons (Fsp3) is 0.0714. The van der Waals surface area contributed by atoms with Gasteiger partial charge in [-0.15, -0.1) is 5.10 Å². The lowest BCUT2D eigenvalue weighted by molar-refractivity contribution is -0.385. The van der Waals surface area contributed by atoms with E-state index in [0.717, 1.165) is 10.7 Å². The minimum absolute atomic E-state index is 0.0304. The van der Waals surface area contributed by atoms with Gasteiger partial charge in [-0.1, -0.05) is 6.07 Å². The number of amides is 1. The van der Waals surface area contributed by atoms with Gasteiger partial charge in [-0.05, 0) is 24.3 Å². The second kappa shape index (κ2) is 5.37. The summed E-state index contributed by atoms with van der Waals surface area (Å²) in [5, 5.41) is 15.3. The number of nitro benzene ring substituents is 1. The quantitative estimate of drug-likeness (QED) is 0.556. The summed E-state index contributed by atoms with van der Waals surface area (Å²) in [5.41, 5.74) is 5.16. The zero-order valence-electron chi connectivity index (χ0n) is 11.7. The topological polar surface area (TPSA) is 126 Å². The fourth-order valence-corrected chi connectivity index (χ4v) is 2.25. The van der Waals surface area contributed by atoms with Crippen molar-refractivity contribution in [3.63, 3.8) is 0 Å². The molecule has 0 atom stereocenters. The largest absolute Gasteiger partial charge is 0.366 e. The van der Waals surface area contributed by atoms with E-state index in [1.54, 1.807) is 24.4 Å². The Bertz CT molecular complexity index is 988. The van der Waals surface area contributed by atoms with Gasteiger partial charge in [0.1, 0.15) is 0 Å². The van der Waals surface area contributed by atoms with Gasteiger partial charge in [-0.25, -0.2) is 9.48 Å². The van der Waals surface area contributed by atoms with E-state index in [-0.39, 0.29) is 23.4 Å². The third-order valence-corrected chi connectivity index (χ3v) is 3.38. The zero-order chi connectivity index (χ0) is 16.6. The van der Waals surface area contributed by atoms with Crippen LogP contribution in [0.15, 0.2) is 47.4 Å². The summed E-state index contributed by atoms with van der Waals surface area (Å²) in [4.78, 5) is 33.9. The van der Waals surface area contributed by atoms with E-state index in [9.17, 15) is 19.7 Å². The molecule has 3 aromatic rings. The molecule has 23 heavy (non-hydrogen) atoms. The van der Waals surface area contributed by atoms with Crippen LogP contribution >= 0.6 is 0 Å². The van der Waals surface area contributed by atoms with Crippen LogP contribution in [0.5, 0.6) is 0 Å². The lowest BCUT2D eigenvalue weighted by atomic mass is 10.1. The van der Waals surface area contributed by atoms with Crippen LogP contribution in [0.4, 0.5) is 5.69 Å². The lowest BCUT2D eigenvalue weighted by Crippen LogP contribution is -2.22. The molecule has 0 unspecified atom stereocenters. The number of primary amides is 1. The Morgan fingerprint density at radius 1 is 1.30 bits per heavy atom. The summed E-state index contributed by atoms with van der Waals surface area (Å²) in [5.74, 6) is -0.760. The average Bonchev–Trinajstić information content (AvgIpc) is 2.84. The number of hydrogen-bond donors (Lipinski definition) is 1. The monoisotopic (exact) mass is 313 g/mol. The molecule has 0 bridgehead atoms. The number of rotatable bonds is 4. The molecule has 9 heteroatoms. The Balaban J connectivity index is 2.08. The third-order valence-electron chi connectivity index (χ3n) is 3.38. The maximum Gasteiger partial charge on any atom is 0.350 e. The Hall–Kier alpha value is -3.49. The van der Waals surface area contributed by atoms with E-state index < -0.39 is 16.5 Å². The molecule has 1 aromatic carbocycles. The van der Waals surface area contributed by atoms with Gasteiger partial charge in [0.15, 0.2) is 5.65 Å². The summed E-state index contributed by atoms with van der Waals surface area (Å²) in [6, 6.07) is 8.95. The molecule has 0 aliphatic carbocycles. The molecule has 0 aliphatic heterocycles. The van der Waals surface area contributed by atoms with E-state index in [0.29, 0.717) is 5.65 Å². The fourth-order valence-electron chi connectivity index (χ4n) is 2.25. The smallest absolute Gasteiger partial charge is 0.350 e. The first-order valence-electron chi connectivity index (χ1n) is 6.58. The van der Waals surface area contributed by atoms with Crippen LogP contribution in [-0.4, -0.2) is 25.0 Å². The van der Waals surface area contributed by atoms with Gasteiger partial charge in [-0.3, -0.25) is 19.3 Å². The molecule has 1 amide bonds. The number of carbonyl (C=O) groups is 1. The molecule has 0 fully saturated rings. The van der Waals surface area contributed by atoms with Crippen LogP contribution in [-0.2, 0) is 6.54 Å². The van der Waals surface area contributed by atoms with Crippen LogP contribution < -0.4 is 11.4 Å². The number of nitrogens with two attached hydrogens (primary N) is 1. The highest BCUT2D eigenvalue weighted by atomic mass is 16.6. The van der Waals surface area contributed by atoms with Crippen LogP contribution in [0.25, 0.3) is 5.65 Å². The highest BCUT2D eigenvalue weighted by Gasteiger charge is 2.18. The third kappa shape index (κ3) is 2.55. The minimum atomic E-state index is -0.760. The van der Waals surface area contributed by atoms with E-state index in [1.165, 1.54) is 16.5 Å². The molecule has 2 aromatic heterocycles. The van der Waals surface area contributed by atoms with Gasteiger partial charge < -0.3 is 5.73 Å². The van der Waals surface area contributed by atoms with E-state index in [4.69, 9.17) is 5.73 Å². The molecular formula is C14H11N5O4. The van der Waals surface area contributed by atoms with Gasteiger partial charge in [0.05, 0.1) is 17.0 Å². The van der Waals surface area contributed by atoms with Crippen molar-refractivity contribution in [2.24, 2.45) is 5.73 Å². The van der Waals surface area contributed by atoms with E-state index in [2.05, 4.69) is 5.10 Å². The summed E-state index contributed by atoms with van der Waals surface area (Å²) in [6.45, 7) is -0.0874. The SMILES string of the molecule is NC(=O)c1ccc(Cn2nc3ccccn3c2=O)c([N+](=O)[O-])c1. The Morgan fingerprint density at radius 2 is 2.09 bits per heavy atom. The van der Waals surface area contributed by atoms with Crippen molar-refractivity contribution in [3.8, 4) is 0 Å². The van der Waals surface area contributed by atoms with Crippen molar-refractivity contribution in [2.45, 2.75) is 6.54 Å². The lowest BCUT2D eigenvalue weighted by Gasteiger charge is -2.04. The first-order chi connectivity index (χ1) is 11.0. The highest BCUT2D eigenvalue weighted by Crippen LogP contribution is 2.21. The number of pyridine rings is 1. The molecule has 2 heterocycles. The maximum atomic E-state index is 12.2. The molecule has 0 spiro atoms. The number of aromatic nitrogens is 3. The molecule has 0 saturated carbocycles. The molecular weight excluding hydrogens is 302 g/mol. The molecule has 116 valence electrons. The molecule has 2 N–H and O–H groups in total. The van der Waals surface area contributed by atoms with Crippen LogP contribution in [0.1, 0.15) is 15.9 Å². The molecule has 0 saturated heterocycles. The van der Waals surface area contributed by atoms with Crippen molar-refractivity contribution in [1.82, 2.24) is 14.2 Å². The van der Waals surface area contributed by atoms with Gasteiger partial charge in [0.25, 0.3) is 5.69 Å². The van der Waals surface area contributed by atoms with Gasteiger partial charge >= 0.3 is 5.69 Å². The molecule has 9 nitrogen and oxygen atoms in total. The number of nitro groups is 1. The summed E-state index contributed by atoms with van der Waals surface area (Å²) in [6.07, 6.45) is 1.56. The van der Waals surface area contributed by atoms with Crippen LogP contribution in [0.2, 0.25) is 0 Å².